The first kappa shape index (κ1) is 31.5. The van der Waals surface area contributed by atoms with Crippen molar-refractivity contribution in [2.45, 2.75) is 0 Å². The smallest absolute Gasteiger partial charge is 0.0660 e. The summed E-state index contributed by atoms with van der Waals surface area (Å²) in [5.41, 5.74) is 0. The molecule has 2 aliphatic rings. The highest BCUT2D eigenvalue weighted by atomic mass is 32.3. The summed E-state index contributed by atoms with van der Waals surface area (Å²) in [6, 6.07) is 17.3. The van der Waals surface area contributed by atoms with Gasteiger partial charge in [0.25, 0.3) is 0 Å². The first-order valence-electron chi connectivity index (χ1n) is 12.5. The first-order valence-corrected chi connectivity index (χ1v) is 19.7. The molecular weight excluding hydrogens is 657 g/mol. The van der Waals surface area contributed by atoms with E-state index in [1.54, 1.807) is 94.1 Å². The van der Waals surface area contributed by atoms with Gasteiger partial charge >= 0.3 is 0 Å². The molecule has 0 atom stereocenters. The Bertz CT molecular complexity index is 1350. The molecule has 0 unspecified atom stereocenters. The highest BCUT2D eigenvalue weighted by molar-refractivity contribution is 8.46. The van der Waals surface area contributed by atoms with E-state index in [2.05, 4.69) is 48.5 Å². The highest BCUT2D eigenvalue weighted by Gasteiger charge is 2.26. The van der Waals surface area contributed by atoms with Crippen molar-refractivity contribution >= 4 is 124 Å². The minimum absolute atomic E-state index is 0.131. The van der Waals surface area contributed by atoms with Crippen molar-refractivity contribution in [2.75, 3.05) is 49.4 Å². The number of aliphatic hydroxyl groups excluding tert-OH is 4. The summed E-state index contributed by atoms with van der Waals surface area (Å²) in [6.07, 6.45) is 0. The zero-order valence-corrected chi connectivity index (χ0v) is 27.9. The third-order valence-corrected chi connectivity index (χ3v) is 16.7. The van der Waals surface area contributed by atoms with Crippen LogP contribution in [0.15, 0.2) is 65.5 Å². The zero-order valence-electron chi connectivity index (χ0n) is 21.3. The van der Waals surface area contributed by atoms with E-state index in [9.17, 15) is 20.4 Å². The molecule has 5 rings (SSSR count). The van der Waals surface area contributed by atoms with Gasteiger partial charge in [-0.15, -0.1) is 47.0 Å². The first-order chi connectivity index (χ1) is 19.7. The number of hydrogen-bond acceptors (Lipinski definition) is 12. The molecule has 3 aromatic rings. The number of hydrogen-bond donors (Lipinski definition) is 4. The second-order valence-corrected chi connectivity index (χ2v) is 18.3. The Labute approximate surface area is 267 Å². The van der Waals surface area contributed by atoms with Crippen LogP contribution in [0.4, 0.5) is 0 Å². The second kappa shape index (κ2) is 15.7. The Hall–Kier alpha value is 0.0400. The lowest BCUT2D eigenvalue weighted by atomic mass is 9.99. The third kappa shape index (κ3) is 7.05. The molecule has 0 amide bonds. The molecule has 0 aromatic heterocycles. The largest absolute Gasteiger partial charge is 0.396 e. The lowest BCUT2D eigenvalue weighted by Gasteiger charge is -2.11. The van der Waals surface area contributed by atoms with Crippen molar-refractivity contribution in [3.8, 4) is 0 Å². The van der Waals surface area contributed by atoms with Gasteiger partial charge in [0.2, 0.25) is 0 Å². The van der Waals surface area contributed by atoms with E-state index in [1.807, 2.05) is 0 Å². The van der Waals surface area contributed by atoms with E-state index >= 15 is 0 Å². The summed E-state index contributed by atoms with van der Waals surface area (Å²) in [5, 5.41) is 45.2. The van der Waals surface area contributed by atoms with E-state index in [1.165, 1.54) is 57.4 Å². The summed E-state index contributed by atoms with van der Waals surface area (Å²) in [7, 11) is 0. The van der Waals surface area contributed by atoms with Crippen molar-refractivity contribution in [1.82, 2.24) is 0 Å². The fraction of sp³-hybridized carbons (Fsp3) is 0.286. The predicted molar refractivity (Wildman–Crippen MR) is 190 cm³/mol. The molecule has 0 saturated carbocycles. The maximum absolute atomic E-state index is 9.47. The minimum Gasteiger partial charge on any atom is -0.396 e. The van der Waals surface area contributed by atoms with Gasteiger partial charge in [0.1, 0.15) is 0 Å². The number of benzene rings is 3. The van der Waals surface area contributed by atoms with Crippen LogP contribution in [0.25, 0.3) is 30.0 Å². The highest BCUT2D eigenvalue weighted by Crippen LogP contribution is 2.59. The van der Waals surface area contributed by atoms with Crippen molar-refractivity contribution in [3.63, 3.8) is 0 Å². The standard InChI is InChI=1S/C28H28O4S8/c29-9-13-33-25-26(34-14-10-30)38-23(37-25)21-17-5-1-2-6-18(17)22(20-8-4-3-7-19(20)21)24-39-27(35-15-11-31)28(40-24)36-16-12-32/h1-8,29-32H,9-16H2. The topological polar surface area (TPSA) is 80.9 Å². The Kier molecular flexibility index (Phi) is 12.3. The fourth-order valence-electron chi connectivity index (χ4n) is 4.22. The van der Waals surface area contributed by atoms with Crippen LogP contribution in [0.3, 0.4) is 0 Å². The van der Waals surface area contributed by atoms with Crippen molar-refractivity contribution in [3.05, 3.63) is 75.9 Å². The fourth-order valence-corrected chi connectivity index (χ4v) is 15.4. The molecule has 3 aromatic carbocycles. The Morgan fingerprint density at radius 2 is 0.675 bits per heavy atom. The molecule has 40 heavy (non-hydrogen) atoms. The summed E-state index contributed by atoms with van der Waals surface area (Å²) >= 11 is 13.8. The molecular formula is C28H28O4S8. The lowest BCUT2D eigenvalue weighted by molar-refractivity contribution is 0.322. The lowest BCUT2D eigenvalue weighted by Crippen LogP contribution is -2.16. The van der Waals surface area contributed by atoms with Crippen molar-refractivity contribution in [2.24, 2.45) is 0 Å². The van der Waals surface area contributed by atoms with Gasteiger partial charge < -0.3 is 20.4 Å². The van der Waals surface area contributed by atoms with Crippen LogP contribution in [0.5, 0.6) is 0 Å². The zero-order chi connectivity index (χ0) is 27.9. The molecule has 0 saturated heterocycles. The summed E-state index contributed by atoms with van der Waals surface area (Å²) in [5.74, 6) is 2.58. The molecule has 4 nitrogen and oxygen atoms in total. The molecule has 12 heteroatoms. The summed E-state index contributed by atoms with van der Waals surface area (Å²) in [4.78, 5) is 0. The van der Waals surface area contributed by atoms with Gasteiger partial charge in [-0.1, -0.05) is 95.6 Å². The molecule has 0 fully saturated rings. The maximum Gasteiger partial charge on any atom is 0.0660 e. The molecule has 2 heterocycles. The van der Waals surface area contributed by atoms with Crippen LogP contribution in [0.1, 0.15) is 0 Å². The third-order valence-electron chi connectivity index (χ3n) is 5.71. The van der Waals surface area contributed by atoms with Crippen LogP contribution in [0.2, 0.25) is 0 Å². The van der Waals surface area contributed by atoms with Crippen LogP contribution in [-0.4, -0.2) is 69.9 Å². The molecule has 0 spiro atoms. The number of rotatable bonds is 12. The van der Waals surface area contributed by atoms with Crippen molar-refractivity contribution < 1.29 is 20.4 Å². The number of thioether (sulfide) groups is 8. The monoisotopic (exact) mass is 684 g/mol. The van der Waals surface area contributed by atoms with Gasteiger partial charge in [0.05, 0.1) is 51.9 Å². The normalized spacial score (nSPS) is 16.0. The average molecular weight is 685 g/mol. The Morgan fingerprint density at radius 1 is 0.425 bits per heavy atom. The van der Waals surface area contributed by atoms with Gasteiger partial charge in [0, 0.05) is 33.4 Å². The minimum atomic E-state index is 0.131. The van der Waals surface area contributed by atoms with Gasteiger partial charge in [-0.05, 0) is 21.5 Å². The maximum atomic E-state index is 9.47. The Balaban J connectivity index is 1.72. The van der Waals surface area contributed by atoms with Gasteiger partial charge in [0.15, 0.2) is 0 Å². The molecule has 0 aliphatic carbocycles. The van der Waals surface area contributed by atoms with Gasteiger partial charge in [-0.25, -0.2) is 0 Å². The SMILES string of the molecule is OCCSC1=C(SCCO)SC(=c2c3ccccc3c(=C3SC(SCCO)=C(SCCO)S3)c3ccccc23)S1. The second-order valence-electron chi connectivity index (χ2n) is 8.26. The molecule has 2 aliphatic heterocycles. The van der Waals surface area contributed by atoms with Crippen LogP contribution < -0.4 is 10.4 Å². The van der Waals surface area contributed by atoms with E-state index in [-0.39, 0.29) is 26.4 Å². The average Bonchev–Trinajstić information content (AvgIpc) is 3.58. The van der Waals surface area contributed by atoms with Crippen LogP contribution in [0, 0.1) is 0 Å². The molecule has 4 N–H and O–H groups in total. The molecule has 0 radical (unpaired) electrons. The summed E-state index contributed by atoms with van der Waals surface area (Å²) in [6.45, 7) is 0.525. The predicted octanol–water partition coefficient (Wildman–Crippen LogP) is 6.24. The number of fused-ring (bicyclic) bond motifs is 2. The molecule has 0 bridgehead atoms. The quantitative estimate of drug-likeness (QED) is 0.163. The van der Waals surface area contributed by atoms with E-state index in [0.717, 1.165) is 0 Å². The Morgan fingerprint density at radius 3 is 0.900 bits per heavy atom. The van der Waals surface area contributed by atoms with Crippen molar-refractivity contribution in [1.29, 1.82) is 0 Å². The van der Waals surface area contributed by atoms with E-state index < -0.39 is 0 Å². The summed E-state index contributed by atoms with van der Waals surface area (Å²) < 4.78 is 7.24. The number of aliphatic hydroxyl groups is 4. The van der Waals surface area contributed by atoms with Gasteiger partial charge in [-0.3, -0.25) is 0 Å². The van der Waals surface area contributed by atoms with E-state index in [0.29, 0.717) is 23.0 Å². The van der Waals surface area contributed by atoms with Gasteiger partial charge in [-0.2, -0.15) is 0 Å². The molecule has 212 valence electrons. The van der Waals surface area contributed by atoms with Crippen LogP contribution in [-0.2, 0) is 0 Å². The van der Waals surface area contributed by atoms with E-state index in [4.69, 9.17) is 0 Å². The van der Waals surface area contributed by atoms with Crippen LogP contribution >= 0.6 is 94.1 Å².